The SMILES string of the molecule is CCc1ccc(COc2cccc(C3CCC4(CC3)CCN(Cc3nc5ccc(C(=O)NC(C)(C)COC(C)(C)CC)cc5n3CC3CCO3)CC4)n2)c(F)c1. The van der Waals surface area contributed by atoms with Crippen molar-refractivity contribution < 1.29 is 23.4 Å². The maximum atomic E-state index is 14.5. The zero-order valence-corrected chi connectivity index (χ0v) is 34.5. The second-order valence-electron chi connectivity index (χ2n) is 17.9. The molecular formula is C46H62FN5O4. The molecule has 1 aliphatic carbocycles. The predicted octanol–water partition coefficient (Wildman–Crippen LogP) is 9.15. The van der Waals surface area contributed by atoms with E-state index in [-0.39, 0.29) is 30.0 Å². The normalized spacial score (nSPS) is 19.3. The lowest BCUT2D eigenvalue weighted by Gasteiger charge is -2.46. The molecule has 7 rings (SSSR count). The largest absolute Gasteiger partial charge is 0.473 e. The molecule has 2 aromatic carbocycles. The number of carbonyl (C=O) groups is 1. The van der Waals surface area contributed by atoms with Crippen LogP contribution >= 0.6 is 0 Å². The van der Waals surface area contributed by atoms with E-state index >= 15 is 0 Å². The summed E-state index contributed by atoms with van der Waals surface area (Å²) in [5, 5.41) is 3.20. The van der Waals surface area contributed by atoms with Crippen LogP contribution in [0.15, 0.2) is 54.6 Å². The molecule has 4 heterocycles. The molecule has 1 saturated carbocycles. The molecule has 1 amide bonds. The van der Waals surface area contributed by atoms with Crippen molar-refractivity contribution in [2.24, 2.45) is 5.41 Å². The molecule has 2 saturated heterocycles. The molecule has 0 radical (unpaired) electrons. The number of hydrogen-bond acceptors (Lipinski definition) is 7. The van der Waals surface area contributed by atoms with Crippen molar-refractivity contribution >= 4 is 16.9 Å². The molecule has 302 valence electrons. The van der Waals surface area contributed by atoms with Gasteiger partial charge >= 0.3 is 0 Å². The molecule has 1 atom stereocenters. The molecule has 1 N–H and O–H groups in total. The number of imidazole rings is 1. The van der Waals surface area contributed by atoms with Gasteiger partial charge in [-0.15, -0.1) is 0 Å². The number of hydrogen-bond donors (Lipinski definition) is 1. The fourth-order valence-corrected chi connectivity index (χ4v) is 8.39. The molecule has 3 fully saturated rings. The Morgan fingerprint density at radius 3 is 2.43 bits per heavy atom. The summed E-state index contributed by atoms with van der Waals surface area (Å²) in [5.41, 5.74) is 4.76. The molecule has 4 aromatic rings. The minimum absolute atomic E-state index is 0.109. The Kier molecular flexibility index (Phi) is 12.2. The number of amides is 1. The standard InChI is InChI=1S/C46H62FN5O4/c1-7-32-12-13-35(37(47)26-32)30-55-42-11-9-10-38(49-42)33-16-19-46(20-17-33)21-23-51(24-22-46)29-41-48-39-15-14-34(27-40(39)52(41)28-36-18-25-54-36)43(53)50-44(3,4)31-56-45(5,6)8-2/h9-15,26-27,33,36H,7-8,16-25,28-31H2,1-6H3,(H,50,53). The number of nitrogens with one attached hydrogen (secondary N) is 1. The van der Waals surface area contributed by atoms with Crippen LogP contribution in [0.5, 0.6) is 5.88 Å². The Morgan fingerprint density at radius 2 is 1.75 bits per heavy atom. The second kappa shape index (κ2) is 16.9. The van der Waals surface area contributed by atoms with Crippen LogP contribution in [0.2, 0.25) is 0 Å². The average molecular weight is 768 g/mol. The summed E-state index contributed by atoms with van der Waals surface area (Å²) in [5.74, 6) is 1.68. The lowest BCUT2D eigenvalue weighted by Crippen LogP contribution is -2.48. The number of carbonyl (C=O) groups excluding carboxylic acids is 1. The Labute approximate surface area is 332 Å². The van der Waals surface area contributed by atoms with Crippen molar-refractivity contribution in [1.82, 2.24) is 24.8 Å². The monoisotopic (exact) mass is 767 g/mol. The number of likely N-dealkylation sites (tertiary alicyclic amines) is 1. The average Bonchev–Trinajstić information content (AvgIpc) is 3.51. The van der Waals surface area contributed by atoms with Crippen LogP contribution < -0.4 is 10.1 Å². The van der Waals surface area contributed by atoms with E-state index in [1.54, 1.807) is 6.07 Å². The van der Waals surface area contributed by atoms with Gasteiger partial charge in [0.25, 0.3) is 5.91 Å². The van der Waals surface area contributed by atoms with Crippen molar-refractivity contribution in [2.45, 2.75) is 142 Å². The van der Waals surface area contributed by atoms with Crippen molar-refractivity contribution in [3.8, 4) is 5.88 Å². The first kappa shape index (κ1) is 40.3. The molecule has 3 aliphatic rings. The van der Waals surface area contributed by atoms with Crippen molar-refractivity contribution in [1.29, 1.82) is 0 Å². The summed E-state index contributed by atoms with van der Waals surface area (Å²) in [7, 11) is 0. The van der Waals surface area contributed by atoms with E-state index in [0.29, 0.717) is 34.9 Å². The van der Waals surface area contributed by atoms with E-state index in [0.717, 1.165) is 93.0 Å². The Bertz CT molecular complexity index is 1970. The third-order valence-electron chi connectivity index (χ3n) is 12.8. The summed E-state index contributed by atoms with van der Waals surface area (Å²) >= 11 is 0. The van der Waals surface area contributed by atoms with Gasteiger partial charge in [-0.05, 0) is 140 Å². The van der Waals surface area contributed by atoms with Gasteiger partial charge in [-0.2, -0.15) is 0 Å². The summed E-state index contributed by atoms with van der Waals surface area (Å²) in [4.78, 5) is 26.1. The van der Waals surface area contributed by atoms with Crippen LogP contribution in [0.25, 0.3) is 11.0 Å². The number of rotatable bonds is 15. The van der Waals surface area contributed by atoms with E-state index in [2.05, 4.69) is 41.6 Å². The molecule has 56 heavy (non-hydrogen) atoms. The van der Waals surface area contributed by atoms with E-state index in [1.165, 1.54) is 25.7 Å². The first-order valence-corrected chi connectivity index (χ1v) is 21.0. The van der Waals surface area contributed by atoms with Crippen LogP contribution in [0.3, 0.4) is 0 Å². The number of benzene rings is 2. The van der Waals surface area contributed by atoms with E-state index in [4.69, 9.17) is 24.2 Å². The molecule has 1 spiro atoms. The van der Waals surface area contributed by atoms with Crippen LogP contribution in [0, 0.1) is 11.2 Å². The Morgan fingerprint density at radius 1 is 0.982 bits per heavy atom. The molecule has 2 aliphatic heterocycles. The summed E-state index contributed by atoms with van der Waals surface area (Å²) in [6.45, 7) is 17.3. The number of nitrogens with zero attached hydrogens (tertiary/aromatic N) is 4. The molecule has 0 bridgehead atoms. The van der Waals surface area contributed by atoms with Crippen LogP contribution in [0.1, 0.15) is 132 Å². The van der Waals surface area contributed by atoms with Crippen molar-refractivity contribution in [2.75, 3.05) is 26.3 Å². The zero-order chi connectivity index (χ0) is 39.5. The number of aryl methyl sites for hydroxylation is 1. The number of piperidine rings is 1. The fourth-order valence-electron chi connectivity index (χ4n) is 8.39. The van der Waals surface area contributed by atoms with Gasteiger partial charge in [0.05, 0.1) is 48.0 Å². The van der Waals surface area contributed by atoms with Gasteiger partial charge in [-0.3, -0.25) is 9.69 Å². The first-order chi connectivity index (χ1) is 26.8. The molecule has 2 aromatic heterocycles. The lowest BCUT2D eigenvalue weighted by molar-refractivity contribution is -0.0593. The van der Waals surface area contributed by atoms with E-state index in [1.807, 2.05) is 63.2 Å². The van der Waals surface area contributed by atoms with Gasteiger partial charge in [-0.1, -0.05) is 32.0 Å². The predicted molar refractivity (Wildman–Crippen MR) is 218 cm³/mol. The quantitative estimate of drug-likeness (QED) is 0.129. The lowest BCUT2D eigenvalue weighted by atomic mass is 9.65. The maximum absolute atomic E-state index is 14.5. The van der Waals surface area contributed by atoms with Crippen molar-refractivity contribution in [3.63, 3.8) is 0 Å². The highest BCUT2D eigenvalue weighted by Crippen LogP contribution is 2.49. The van der Waals surface area contributed by atoms with Crippen molar-refractivity contribution in [3.05, 3.63) is 88.6 Å². The topological polar surface area (TPSA) is 90.7 Å². The maximum Gasteiger partial charge on any atom is 0.251 e. The number of pyridine rings is 1. The highest BCUT2D eigenvalue weighted by Gasteiger charge is 2.39. The molecule has 1 unspecified atom stereocenters. The smallest absolute Gasteiger partial charge is 0.251 e. The Hall–Kier alpha value is -3.86. The van der Waals surface area contributed by atoms with Gasteiger partial charge in [0.1, 0.15) is 18.2 Å². The first-order valence-electron chi connectivity index (χ1n) is 21.0. The Balaban J connectivity index is 0.951. The van der Waals surface area contributed by atoms with E-state index < -0.39 is 5.54 Å². The van der Waals surface area contributed by atoms with Crippen LogP contribution in [-0.2, 0) is 35.6 Å². The van der Waals surface area contributed by atoms with Gasteiger partial charge in [-0.25, -0.2) is 14.4 Å². The van der Waals surface area contributed by atoms with Gasteiger partial charge in [0.2, 0.25) is 5.88 Å². The van der Waals surface area contributed by atoms with Gasteiger partial charge in [0.15, 0.2) is 0 Å². The van der Waals surface area contributed by atoms with Gasteiger partial charge < -0.3 is 24.1 Å². The molecular weight excluding hydrogens is 706 g/mol. The second-order valence-corrected chi connectivity index (χ2v) is 17.9. The minimum Gasteiger partial charge on any atom is -0.473 e. The zero-order valence-electron chi connectivity index (χ0n) is 34.5. The highest BCUT2D eigenvalue weighted by molar-refractivity contribution is 5.97. The minimum atomic E-state index is -0.518. The third kappa shape index (κ3) is 9.63. The summed E-state index contributed by atoms with van der Waals surface area (Å²) in [6, 6.07) is 17.3. The van der Waals surface area contributed by atoms with Crippen LogP contribution in [0.4, 0.5) is 4.39 Å². The van der Waals surface area contributed by atoms with Crippen LogP contribution in [-0.4, -0.2) is 68.9 Å². The third-order valence-corrected chi connectivity index (χ3v) is 12.8. The number of fused-ring (bicyclic) bond motifs is 1. The molecule has 10 heteroatoms. The van der Waals surface area contributed by atoms with E-state index in [9.17, 15) is 9.18 Å². The highest BCUT2D eigenvalue weighted by atomic mass is 19.1. The molecule has 9 nitrogen and oxygen atoms in total. The number of halogens is 1. The number of ether oxygens (including phenoxy) is 3. The summed E-state index contributed by atoms with van der Waals surface area (Å²) in [6.07, 6.45) is 9.93. The van der Waals surface area contributed by atoms with Gasteiger partial charge in [0, 0.05) is 35.4 Å². The summed E-state index contributed by atoms with van der Waals surface area (Å²) < 4.78 is 34.8. The fraction of sp³-hybridized carbons (Fsp3) is 0.587. The number of aromatic nitrogens is 3.